The summed E-state index contributed by atoms with van der Waals surface area (Å²) in [5.41, 5.74) is 5.18. The third-order valence-electron chi connectivity index (χ3n) is 3.53. The number of halogens is 2. The van der Waals surface area contributed by atoms with Crippen LogP contribution in [0.4, 0.5) is 0 Å². The van der Waals surface area contributed by atoms with E-state index in [1.165, 1.54) is 22.3 Å². The molecule has 1 aliphatic rings. The predicted octanol–water partition coefficient (Wildman–Crippen LogP) is 4.92. The van der Waals surface area contributed by atoms with E-state index in [1.54, 1.807) is 0 Å². The molecule has 0 saturated carbocycles. The molecule has 0 aliphatic heterocycles. The molecule has 0 saturated heterocycles. The van der Waals surface area contributed by atoms with Gasteiger partial charge in [-0.2, -0.15) is 0 Å². The molecule has 82 valence electrons. The average Bonchev–Trinajstić information content (AvgIpc) is 2.32. The van der Waals surface area contributed by atoms with Crippen LogP contribution in [0.25, 0.3) is 0 Å². The van der Waals surface area contributed by atoms with Crippen LogP contribution in [0, 0.1) is 13.8 Å². The molecule has 2 heteroatoms. The van der Waals surface area contributed by atoms with Crippen molar-refractivity contribution < 1.29 is 0 Å². The Morgan fingerprint density at radius 3 is 2.53 bits per heavy atom. The van der Waals surface area contributed by atoms with E-state index in [9.17, 15) is 0 Å². The van der Waals surface area contributed by atoms with Crippen molar-refractivity contribution in [2.45, 2.75) is 44.9 Å². The maximum Gasteiger partial charge on any atom is 0.0599 e. The van der Waals surface area contributed by atoms with E-state index in [0.29, 0.717) is 0 Å². The first kappa shape index (κ1) is 11.3. The summed E-state index contributed by atoms with van der Waals surface area (Å²) in [7, 11) is 0. The molecular formula is C13H16Cl2. The van der Waals surface area contributed by atoms with Gasteiger partial charge in [0.15, 0.2) is 0 Å². The number of alkyl halides is 1. The summed E-state index contributed by atoms with van der Waals surface area (Å²) in [6.45, 7) is 8.67. The first-order valence-corrected chi connectivity index (χ1v) is 6.10. The quantitative estimate of drug-likeness (QED) is 0.567. The second-order valence-corrected chi connectivity index (χ2v) is 6.08. The van der Waals surface area contributed by atoms with Crippen molar-refractivity contribution in [2.75, 3.05) is 0 Å². The summed E-state index contributed by atoms with van der Waals surface area (Å²) in [5, 5.41) is 0.994. The van der Waals surface area contributed by atoms with E-state index in [2.05, 4.69) is 33.8 Å². The Bertz CT molecular complexity index is 419. The fourth-order valence-corrected chi connectivity index (χ4v) is 3.81. The minimum absolute atomic E-state index is 0.108. The van der Waals surface area contributed by atoms with Crippen molar-refractivity contribution in [1.82, 2.24) is 0 Å². The van der Waals surface area contributed by atoms with Crippen LogP contribution in [0.2, 0.25) is 5.02 Å². The molecule has 0 aromatic heterocycles. The highest BCUT2D eigenvalue weighted by Gasteiger charge is 2.39. The van der Waals surface area contributed by atoms with Crippen molar-refractivity contribution in [3.8, 4) is 0 Å². The van der Waals surface area contributed by atoms with Crippen LogP contribution in [0.15, 0.2) is 6.07 Å². The van der Waals surface area contributed by atoms with E-state index in [4.69, 9.17) is 23.2 Å². The molecule has 0 heterocycles. The lowest BCUT2D eigenvalue weighted by Crippen LogP contribution is -2.13. The van der Waals surface area contributed by atoms with Gasteiger partial charge in [-0.3, -0.25) is 0 Å². The first-order valence-electron chi connectivity index (χ1n) is 5.29. The second kappa shape index (κ2) is 3.40. The number of aryl methyl sites for hydroxylation is 1. The molecule has 15 heavy (non-hydrogen) atoms. The Morgan fingerprint density at radius 1 is 1.33 bits per heavy atom. The molecule has 0 nitrogen and oxygen atoms in total. The maximum atomic E-state index is 6.42. The zero-order valence-corrected chi connectivity index (χ0v) is 11.1. The lowest BCUT2D eigenvalue weighted by Gasteiger charge is -2.21. The molecular weight excluding hydrogens is 227 g/mol. The lowest BCUT2D eigenvalue weighted by atomic mass is 9.85. The van der Waals surface area contributed by atoms with Gasteiger partial charge in [-0.05, 0) is 54.0 Å². The third kappa shape index (κ3) is 1.59. The molecule has 1 aromatic rings. The Hall–Kier alpha value is -0.200. The van der Waals surface area contributed by atoms with E-state index in [0.717, 1.165) is 11.4 Å². The monoisotopic (exact) mass is 242 g/mol. The summed E-state index contributed by atoms with van der Waals surface area (Å²) in [4.78, 5) is 0. The molecule has 0 fully saturated rings. The smallest absolute Gasteiger partial charge is 0.0599 e. The normalized spacial score (nSPS) is 22.9. The molecule has 0 bridgehead atoms. The Morgan fingerprint density at radius 2 is 1.93 bits per heavy atom. The number of benzene rings is 1. The van der Waals surface area contributed by atoms with Gasteiger partial charge in [0.25, 0.3) is 0 Å². The molecule has 1 aromatic carbocycles. The van der Waals surface area contributed by atoms with Crippen LogP contribution in [0.5, 0.6) is 0 Å². The molecule has 1 aliphatic carbocycles. The summed E-state index contributed by atoms with van der Waals surface area (Å²) in [6, 6.07) is 2.06. The topological polar surface area (TPSA) is 0 Å². The fraction of sp³-hybridized carbons (Fsp3) is 0.538. The SMILES string of the molecule is Cc1cc(Cl)c2c(c1C)C(Cl)CC2(C)C. The van der Waals surface area contributed by atoms with Crippen LogP contribution < -0.4 is 0 Å². The molecule has 1 atom stereocenters. The van der Waals surface area contributed by atoms with Gasteiger partial charge in [-0.1, -0.05) is 25.4 Å². The van der Waals surface area contributed by atoms with E-state index < -0.39 is 0 Å². The van der Waals surface area contributed by atoms with Gasteiger partial charge >= 0.3 is 0 Å². The summed E-state index contributed by atoms with van der Waals surface area (Å²) < 4.78 is 0. The highest BCUT2D eigenvalue weighted by Crippen LogP contribution is 2.52. The van der Waals surface area contributed by atoms with Crippen molar-refractivity contribution in [2.24, 2.45) is 0 Å². The minimum Gasteiger partial charge on any atom is -0.118 e. The zero-order valence-electron chi connectivity index (χ0n) is 9.62. The van der Waals surface area contributed by atoms with E-state index in [-0.39, 0.29) is 10.8 Å². The lowest BCUT2D eigenvalue weighted by molar-refractivity contribution is 0.517. The van der Waals surface area contributed by atoms with Crippen LogP contribution in [-0.2, 0) is 5.41 Å². The van der Waals surface area contributed by atoms with Gasteiger partial charge in [-0.15, -0.1) is 11.6 Å². The largest absolute Gasteiger partial charge is 0.118 e. The second-order valence-electron chi connectivity index (χ2n) is 5.14. The average molecular weight is 243 g/mol. The van der Waals surface area contributed by atoms with Gasteiger partial charge < -0.3 is 0 Å². The van der Waals surface area contributed by atoms with Crippen LogP contribution >= 0.6 is 23.2 Å². The van der Waals surface area contributed by atoms with Gasteiger partial charge in [0.2, 0.25) is 0 Å². The predicted molar refractivity (Wildman–Crippen MR) is 67.2 cm³/mol. The standard InChI is InChI=1S/C13H16Cl2/c1-7-5-9(14)12-11(8(7)2)10(15)6-13(12,3)4/h5,10H,6H2,1-4H3. The van der Waals surface area contributed by atoms with Gasteiger partial charge in [0.1, 0.15) is 0 Å². The Balaban J connectivity index is 2.78. The van der Waals surface area contributed by atoms with Crippen molar-refractivity contribution in [3.63, 3.8) is 0 Å². The molecule has 1 unspecified atom stereocenters. The van der Waals surface area contributed by atoms with E-state index >= 15 is 0 Å². The fourth-order valence-electron chi connectivity index (χ4n) is 2.63. The van der Waals surface area contributed by atoms with Crippen molar-refractivity contribution in [3.05, 3.63) is 33.3 Å². The van der Waals surface area contributed by atoms with Crippen molar-refractivity contribution >= 4 is 23.2 Å². The van der Waals surface area contributed by atoms with Gasteiger partial charge in [-0.25, -0.2) is 0 Å². The summed E-state index contributed by atoms with van der Waals surface area (Å²) in [5.74, 6) is 0. The summed E-state index contributed by atoms with van der Waals surface area (Å²) >= 11 is 12.8. The zero-order chi connectivity index (χ0) is 11.4. The molecule has 2 rings (SSSR count). The Kier molecular flexibility index (Phi) is 2.56. The third-order valence-corrected chi connectivity index (χ3v) is 4.20. The number of rotatable bonds is 0. The van der Waals surface area contributed by atoms with Crippen LogP contribution in [0.3, 0.4) is 0 Å². The van der Waals surface area contributed by atoms with E-state index in [1.807, 2.05) is 0 Å². The molecule has 0 amide bonds. The first-order chi connectivity index (χ1) is 6.84. The highest BCUT2D eigenvalue weighted by molar-refractivity contribution is 6.32. The van der Waals surface area contributed by atoms with Gasteiger partial charge in [0, 0.05) is 5.02 Å². The molecule has 0 spiro atoms. The summed E-state index contributed by atoms with van der Waals surface area (Å²) in [6.07, 6.45) is 0.980. The molecule has 0 radical (unpaired) electrons. The number of fused-ring (bicyclic) bond motifs is 1. The van der Waals surface area contributed by atoms with Gasteiger partial charge in [0.05, 0.1) is 5.38 Å². The van der Waals surface area contributed by atoms with Crippen molar-refractivity contribution in [1.29, 1.82) is 0 Å². The maximum absolute atomic E-state index is 6.42. The Labute approximate surface area is 102 Å². The van der Waals surface area contributed by atoms with Crippen LogP contribution in [0.1, 0.15) is 47.9 Å². The number of hydrogen-bond acceptors (Lipinski definition) is 0. The highest BCUT2D eigenvalue weighted by atomic mass is 35.5. The minimum atomic E-state index is 0.108. The van der Waals surface area contributed by atoms with Crippen LogP contribution in [-0.4, -0.2) is 0 Å². The number of hydrogen-bond donors (Lipinski definition) is 0. The molecule has 0 N–H and O–H groups in total.